The molecule has 0 heterocycles. The Kier molecular flexibility index (Phi) is 13.0. The third kappa shape index (κ3) is 8.82. The Bertz CT molecular complexity index is 276. The van der Waals surface area contributed by atoms with Crippen molar-refractivity contribution < 1.29 is 30.2 Å². The van der Waals surface area contributed by atoms with Gasteiger partial charge >= 0.3 is 46.1 Å². The van der Waals surface area contributed by atoms with Crippen LogP contribution in [0, 0.1) is 5.39 Å². The van der Waals surface area contributed by atoms with Gasteiger partial charge in [-0.15, -0.1) is 0 Å². The molecule has 0 aliphatic carbocycles. The summed E-state index contributed by atoms with van der Waals surface area (Å²) in [4.78, 5) is 2.95. The molecule has 0 aliphatic heterocycles. The summed E-state index contributed by atoms with van der Waals surface area (Å²) in [7, 11) is 0. The van der Waals surface area contributed by atoms with Crippen LogP contribution < -0.4 is 22.7 Å². The second kappa shape index (κ2) is 10.6. The average Bonchev–Trinajstić information content (AvgIpc) is 2.06. The molecule has 0 atom stereocenters. The minimum atomic E-state index is -0.250. The van der Waals surface area contributed by atoms with Gasteiger partial charge in [0.2, 0.25) is 5.39 Å². The molecule has 68 valence electrons. The van der Waals surface area contributed by atoms with Crippen molar-refractivity contribution in [2.45, 2.75) is 0 Å². The average molecular weight is 425 g/mol. The van der Waals surface area contributed by atoms with Crippen molar-refractivity contribution in [2.24, 2.45) is 0 Å². The Morgan fingerprint density at radius 2 is 1.92 bits per heavy atom. The van der Waals surface area contributed by atoms with Gasteiger partial charge in [-0.05, 0) is 6.07 Å². The fourth-order valence-corrected chi connectivity index (χ4v) is 0.587. The van der Waals surface area contributed by atoms with Gasteiger partial charge < -0.3 is 22.7 Å². The number of nitrogen functional groups attached to an aromatic ring is 1. The zero-order valence-electron chi connectivity index (χ0n) is 6.62. The molecule has 0 bridgehead atoms. The van der Waals surface area contributed by atoms with Gasteiger partial charge in [0.05, 0.1) is 6.07 Å². The molecule has 1 rings (SSSR count). The third-order valence-corrected chi connectivity index (χ3v) is 0.986. The van der Waals surface area contributed by atoms with E-state index in [1.807, 2.05) is 0 Å². The van der Waals surface area contributed by atoms with Gasteiger partial charge in [0, 0.05) is 11.8 Å². The van der Waals surface area contributed by atoms with Gasteiger partial charge in [-0.25, -0.2) is 0 Å². The van der Waals surface area contributed by atoms with Crippen molar-refractivity contribution in [3.63, 3.8) is 0 Å². The number of diazo groups is 1. The van der Waals surface area contributed by atoms with Crippen LogP contribution in [0.4, 0.5) is 11.4 Å². The van der Waals surface area contributed by atoms with Gasteiger partial charge in [0.1, 0.15) is 0 Å². The van der Waals surface area contributed by atoms with E-state index in [2.05, 4.69) is 32.2 Å². The van der Waals surface area contributed by atoms with Gasteiger partial charge in [-0.3, -0.25) is 0 Å². The summed E-state index contributed by atoms with van der Waals surface area (Å²) < 4.78 is 0. The van der Waals surface area contributed by atoms with Crippen molar-refractivity contribution in [1.29, 1.82) is 5.39 Å². The Morgan fingerprint density at radius 1 is 1.38 bits per heavy atom. The molecule has 1 aromatic rings. The van der Waals surface area contributed by atoms with Gasteiger partial charge in [-0.2, -0.15) is 0 Å². The van der Waals surface area contributed by atoms with Crippen LogP contribution in [0.1, 0.15) is 0 Å². The van der Waals surface area contributed by atoms with E-state index in [1.165, 1.54) is 0 Å². The van der Waals surface area contributed by atoms with Crippen molar-refractivity contribution >= 4 is 38.6 Å². The molecular formula is C6H6Br3N3Zn. The first-order valence-electron chi connectivity index (χ1n) is 3.07. The quantitative estimate of drug-likeness (QED) is 0.373. The van der Waals surface area contributed by atoms with Gasteiger partial charge in [0.15, 0.2) is 4.98 Å². The molecular weight excluding hydrogens is 419 g/mol. The summed E-state index contributed by atoms with van der Waals surface area (Å²) in [6.45, 7) is 0. The molecule has 0 fully saturated rings. The summed E-state index contributed by atoms with van der Waals surface area (Å²) >= 11 is 6.25. The van der Waals surface area contributed by atoms with Crippen LogP contribution in [-0.2, 0) is 13.2 Å². The standard InChI is InChI=1S/C6H6N3.3BrH.Zn/c7-5-2-1-3-6(4-5)9-8;;;;/h1-4H,7H2;3*1H;/q+1;;;;+2/p-3. The first-order valence-corrected chi connectivity index (χ1v) is 17.0. The SMILES string of the molecule is N#[N+]c1cccc(N)c1.[Br-].[Br][Zn][Br]. The first kappa shape index (κ1) is 16.0. The van der Waals surface area contributed by atoms with Crippen LogP contribution >= 0.6 is 27.2 Å². The zero-order valence-corrected chi connectivity index (χ0v) is 14.3. The van der Waals surface area contributed by atoms with Crippen molar-refractivity contribution in [3.05, 3.63) is 29.2 Å². The fraction of sp³-hybridized carbons (Fsp3) is 0. The molecule has 1 aromatic carbocycles. The summed E-state index contributed by atoms with van der Waals surface area (Å²) in [6, 6.07) is 6.70. The van der Waals surface area contributed by atoms with E-state index < -0.39 is 0 Å². The molecule has 3 nitrogen and oxygen atoms in total. The number of hydrogen-bond acceptors (Lipinski definition) is 2. The molecule has 0 unspecified atom stereocenters. The summed E-state index contributed by atoms with van der Waals surface area (Å²) in [5.41, 5.74) is 6.45. The van der Waals surface area contributed by atoms with E-state index in [-0.39, 0.29) is 30.2 Å². The number of hydrogen-bond donors (Lipinski definition) is 1. The molecule has 0 spiro atoms. The summed E-state index contributed by atoms with van der Waals surface area (Å²) in [6.07, 6.45) is 0. The molecule has 2 N–H and O–H groups in total. The number of anilines is 1. The van der Waals surface area contributed by atoms with Crippen LogP contribution in [0.25, 0.3) is 4.98 Å². The molecule has 13 heavy (non-hydrogen) atoms. The number of rotatable bonds is 0. The molecule has 0 amide bonds. The molecule has 7 heteroatoms. The maximum atomic E-state index is 8.23. The predicted octanol–water partition coefficient (Wildman–Crippen LogP) is 0.446. The maximum absolute atomic E-state index is 8.23. The Hall–Kier alpha value is 0.503. The number of benzene rings is 1. The van der Waals surface area contributed by atoms with Crippen molar-refractivity contribution in [1.82, 2.24) is 0 Å². The van der Waals surface area contributed by atoms with Crippen LogP contribution in [0.3, 0.4) is 0 Å². The minimum absolute atomic E-state index is 0. The van der Waals surface area contributed by atoms with E-state index in [9.17, 15) is 0 Å². The second-order valence-electron chi connectivity index (χ2n) is 1.80. The first-order chi connectivity index (χ1) is 5.74. The Labute approximate surface area is 108 Å². The van der Waals surface area contributed by atoms with Crippen LogP contribution in [-0.4, -0.2) is 0 Å². The van der Waals surface area contributed by atoms with Crippen molar-refractivity contribution in [3.8, 4) is 0 Å². The number of nitrogens with zero attached hydrogens (tertiary/aromatic N) is 2. The van der Waals surface area contributed by atoms with E-state index in [0.717, 1.165) is 0 Å². The molecule has 0 aromatic heterocycles. The van der Waals surface area contributed by atoms with Crippen LogP contribution in [0.5, 0.6) is 0 Å². The normalized spacial score (nSPS) is 6.54. The monoisotopic (exact) mass is 421 g/mol. The number of nitrogens with two attached hydrogens (primary N) is 1. The topological polar surface area (TPSA) is 54.2 Å². The van der Waals surface area contributed by atoms with E-state index in [0.29, 0.717) is 11.4 Å². The summed E-state index contributed by atoms with van der Waals surface area (Å²) in [5, 5.41) is 8.23. The Balaban J connectivity index is 0. The predicted molar refractivity (Wildman–Crippen MR) is 53.5 cm³/mol. The third-order valence-electron chi connectivity index (χ3n) is 0.986. The molecule has 0 aliphatic rings. The molecule has 0 radical (unpaired) electrons. The van der Waals surface area contributed by atoms with Crippen LogP contribution in [0.2, 0.25) is 0 Å². The zero-order chi connectivity index (χ0) is 9.40. The van der Waals surface area contributed by atoms with Gasteiger partial charge in [0.25, 0.3) is 0 Å². The second-order valence-corrected chi connectivity index (χ2v) is 15.9. The van der Waals surface area contributed by atoms with Crippen LogP contribution in [0.15, 0.2) is 24.3 Å². The van der Waals surface area contributed by atoms with Crippen molar-refractivity contribution in [2.75, 3.05) is 5.73 Å². The number of halogens is 3. The van der Waals surface area contributed by atoms with E-state index in [1.54, 1.807) is 24.3 Å². The summed E-state index contributed by atoms with van der Waals surface area (Å²) in [5.74, 6) is 0. The van der Waals surface area contributed by atoms with Gasteiger partial charge in [-0.1, -0.05) is 6.07 Å². The Morgan fingerprint density at radius 3 is 2.23 bits per heavy atom. The molecule has 0 saturated carbocycles. The fourth-order valence-electron chi connectivity index (χ4n) is 0.587. The van der Waals surface area contributed by atoms with E-state index >= 15 is 0 Å². The molecule has 0 saturated heterocycles. The van der Waals surface area contributed by atoms with E-state index in [4.69, 9.17) is 11.1 Å².